The van der Waals surface area contributed by atoms with Crippen LogP contribution >= 0.6 is 0 Å². The number of ether oxygens (including phenoxy) is 3. The monoisotopic (exact) mass is 294 g/mol. The summed E-state index contributed by atoms with van der Waals surface area (Å²) in [7, 11) is 0. The molecule has 0 N–H and O–H groups in total. The van der Waals surface area contributed by atoms with Crippen LogP contribution in [0.2, 0.25) is 0 Å². The molecule has 0 aromatic heterocycles. The summed E-state index contributed by atoms with van der Waals surface area (Å²) in [6, 6.07) is 0. The summed E-state index contributed by atoms with van der Waals surface area (Å²) in [6.07, 6.45) is 0.523. The van der Waals surface area contributed by atoms with E-state index in [0.717, 1.165) is 0 Å². The lowest BCUT2D eigenvalue weighted by atomic mass is 10.1. The van der Waals surface area contributed by atoms with Crippen molar-refractivity contribution in [2.45, 2.75) is 26.7 Å². The van der Waals surface area contributed by atoms with E-state index in [-0.39, 0.29) is 26.1 Å². The maximum atomic E-state index is 11.3. The zero-order chi connectivity index (χ0) is 15.6. The molecule has 21 heavy (non-hydrogen) atoms. The summed E-state index contributed by atoms with van der Waals surface area (Å²) in [5.41, 5.74) is 1.22. The van der Waals surface area contributed by atoms with E-state index in [0.29, 0.717) is 22.3 Å². The van der Waals surface area contributed by atoms with Crippen LogP contribution in [0.15, 0.2) is 22.3 Å². The minimum Gasteiger partial charge on any atom is -0.386 e. The van der Waals surface area contributed by atoms with Crippen molar-refractivity contribution in [1.29, 1.82) is 0 Å². The Morgan fingerprint density at radius 2 is 1.10 bits per heavy atom. The highest BCUT2D eigenvalue weighted by Gasteiger charge is 2.30. The molecule has 0 spiro atoms. The molecule has 0 aromatic carbocycles. The van der Waals surface area contributed by atoms with Crippen LogP contribution in [0.3, 0.4) is 0 Å². The van der Waals surface area contributed by atoms with Gasteiger partial charge in [-0.3, -0.25) is 0 Å². The fraction of sp³-hybridized carbons (Fsp3) is 0.429. The topological polar surface area (TPSA) is 96.0 Å². The van der Waals surface area contributed by atoms with Gasteiger partial charge in [-0.2, -0.15) is 0 Å². The first-order chi connectivity index (χ1) is 9.91. The van der Waals surface area contributed by atoms with Crippen molar-refractivity contribution in [3.8, 4) is 0 Å². The quantitative estimate of drug-likeness (QED) is 0.401. The van der Waals surface area contributed by atoms with Gasteiger partial charge in [0.1, 0.15) is 0 Å². The average molecular weight is 294 g/mol. The Morgan fingerprint density at radius 3 is 1.38 bits per heavy atom. The second kappa shape index (κ2) is 6.01. The fourth-order valence-electron chi connectivity index (χ4n) is 2.03. The van der Waals surface area contributed by atoms with Crippen LogP contribution in [0.5, 0.6) is 0 Å². The first-order valence-corrected chi connectivity index (χ1v) is 6.42. The third-order valence-corrected chi connectivity index (χ3v) is 3.37. The number of hydrogen-bond acceptors (Lipinski definition) is 7. The molecule has 0 atom stereocenters. The molecule has 2 heterocycles. The van der Waals surface area contributed by atoms with Crippen molar-refractivity contribution in [2.75, 3.05) is 13.2 Å². The lowest BCUT2D eigenvalue weighted by molar-refractivity contribution is -0.152. The summed E-state index contributed by atoms with van der Waals surface area (Å²) in [5, 5.41) is 0. The van der Waals surface area contributed by atoms with E-state index < -0.39 is 23.9 Å². The Kier molecular flexibility index (Phi) is 4.32. The normalized spacial score (nSPS) is 18.8. The van der Waals surface area contributed by atoms with E-state index in [9.17, 15) is 19.2 Å². The van der Waals surface area contributed by atoms with Crippen LogP contribution in [0.1, 0.15) is 26.7 Å². The van der Waals surface area contributed by atoms with E-state index in [1.54, 1.807) is 0 Å². The van der Waals surface area contributed by atoms with Gasteiger partial charge in [0.2, 0.25) is 0 Å². The number of rotatable bonds is 6. The molecule has 0 bridgehead atoms. The van der Waals surface area contributed by atoms with E-state index in [4.69, 9.17) is 4.74 Å². The molecule has 7 nitrogen and oxygen atoms in total. The van der Waals surface area contributed by atoms with Crippen molar-refractivity contribution >= 4 is 23.9 Å². The molecule has 0 saturated carbocycles. The predicted octanol–water partition coefficient (Wildman–Crippen LogP) is 0.583. The van der Waals surface area contributed by atoms with Gasteiger partial charge < -0.3 is 14.2 Å². The second-order valence-corrected chi connectivity index (χ2v) is 4.67. The number of cyclic esters (lactones) is 4. The SMILES string of the molecule is CC1=C(CCOCCC2=C(C)C(=O)OC2=O)C(=O)OC1=O. The molecule has 0 amide bonds. The average Bonchev–Trinajstić information content (AvgIpc) is 2.80. The van der Waals surface area contributed by atoms with Gasteiger partial charge in [-0.25, -0.2) is 19.2 Å². The van der Waals surface area contributed by atoms with Crippen molar-refractivity contribution in [2.24, 2.45) is 0 Å². The second-order valence-electron chi connectivity index (χ2n) is 4.67. The van der Waals surface area contributed by atoms with Gasteiger partial charge in [-0.1, -0.05) is 0 Å². The van der Waals surface area contributed by atoms with Crippen LogP contribution in [-0.4, -0.2) is 37.1 Å². The molecule has 2 aliphatic rings. The maximum Gasteiger partial charge on any atom is 0.342 e. The van der Waals surface area contributed by atoms with Gasteiger partial charge in [0.15, 0.2) is 0 Å². The van der Waals surface area contributed by atoms with Crippen LogP contribution in [0.25, 0.3) is 0 Å². The molecular weight excluding hydrogens is 280 g/mol. The molecule has 0 unspecified atom stereocenters. The molecule has 0 aromatic rings. The Balaban J connectivity index is 1.77. The van der Waals surface area contributed by atoms with Crippen molar-refractivity contribution in [1.82, 2.24) is 0 Å². The van der Waals surface area contributed by atoms with E-state index in [1.807, 2.05) is 0 Å². The zero-order valence-corrected chi connectivity index (χ0v) is 11.7. The Bertz CT molecular complexity index is 542. The largest absolute Gasteiger partial charge is 0.386 e. The molecule has 0 saturated heterocycles. The maximum absolute atomic E-state index is 11.3. The van der Waals surface area contributed by atoms with Gasteiger partial charge in [0.25, 0.3) is 0 Å². The number of esters is 4. The highest BCUT2D eigenvalue weighted by molar-refractivity contribution is 6.12. The molecule has 2 aliphatic heterocycles. The van der Waals surface area contributed by atoms with Crippen LogP contribution in [-0.2, 0) is 33.4 Å². The number of carbonyl (C=O) groups excluding carboxylic acids is 4. The minimum atomic E-state index is -0.635. The highest BCUT2D eigenvalue weighted by Crippen LogP contribution is 2.21. The zero-order valence-electron chi connectivity index (χ0n) is 11.7. The summed E-state index contributed by atoms with van der Waals surface area (Å²) >= 11 is 0. The molecule has 0 radical (unpaired) electrons. The lowest BCUT2D eigenvalue weighted by Crippen LogP contribution is -2.07. The Morgan fingerprint density at radius 1 is 0.714 bits per heavy atom. The van der Waals surface area contributed by atoms with Crippen LogP contribution < -0.4 is 0 Å². The van der Waals surface area contributed by atoms with Gasteiger partial charge in [0, 0.05) is 24.0 Å². The summed E-state index contributed by atoms with van der Waals surface area (Å²) < 4.78 is 14.2. The standard InChI is InChI=1S/C14H14O7/c1-7-9(13(17)20-11(7)15)3-5-19-6-4-10-8(2)12(16)21-14(10)18/h3-6H2,1-2H3. The lowest BCUT2D eigenvalue weighted by Gasteiger charge is -2.04. The van der Waals surface area contributed by atoms with Gasteiger partial charge in [-0.15, -0.1) is 0 Å². The van der Waals surface area contributed by atoms with Gasteiger partial charge in [0.05, 0.1) is 24.4 Å². The van der Waals surface area contributed by atoms with E-state index in [1.165, 1.54) is 13.8 Å². The molecule has 7 heteroatoms. The number of carbonyl (C=O) groups is 4. The third kappa shape index (κ3) is 3.08. The van der Waals surface area contributed by atoms with Crippen LogP contribution in [0, 0.1) is 0 Å². The van der Waals surface area contributed by atoms with Crippen molar-refractivity contribution in [3.05, 3.63) is 22.3 Å². The first-order valence-electron chi connectivity index (χ1n) is 6.42. The van der Waals surface area contributed by atoms with Gasteiger partial charge >= 0.3 is 23.9 Å². The summed E-state index contributed by atoms with van der Waals surface area (Å²) in [4.78, 5) is 44.9. The smallest absolute Gasteiger partial charge is 0.342 e. The molecule has 2 rings (SSSR count). The predicted molar refractivity (Wildman–Crippen MR) is 67.7 cm³/mol. The molecule has 0 aliphatic carbocycles. The summed E-state index contributed by atoms with van der Waals surface area (Å²) in [5.74, 6) is -2.51. The number of hydrogen-bond donors (Lipinski definition) is 0. The molecule has 112 valence electrons. The van der Waals surface area contributed by atoms with Crippen molar-refractivity contribution < 1.29 is 33.4 Å². The minimum absolute atomic E-state index is 0.213. The first kappa shape index (κ1) is 15.1. The van der Waals surface area contributed by atoms with E-state index in [2.05, 4.69) is 9.47 Å². The highest BCUT2D eigenvalue weighted by atomic mass is 16.6. The van der Waals surface area contributed by atoms with Gasteiger partial charge in [-0.05, 0) is 13.8 Å². The Labute approximate surface area is 120 Å². The van der Waals surface area contributed by atoms with Crippen LogP contribution in [0.4, 0.5) is 0 Å². The van der Waals surface area contributed by atoms with Crippen molar-refractivity contribution in [3.63, 3.8) is 0 Å². The summed E-state index contributed by atoms with van der Waals surface area (Å²) in [6.45, 7) is 3.47. The molecular formula is C14H14O7. The Hall–Kier alpha value is -2.28. The third-order valence-electron chi connectivity index (χ3n) is 3.37. The fourth-order valence-corrected chi connectivity index (χ4v) is 2.03. The molecule has 0 fully saturated rings. The van der Waals surface area contributed by atoms with E-state index >= 15 is 0 Å².